The molecule has 0 radical (unpaired) electrons. The standard InChI is InChI=1S/C13H15NO2/c1-10-4-6-11(7-5-10)12(15)8-9-13(16)14(2)3/h4-9H,1-3H3/b9-8+. The molecule has 16 heavy (non-hydrogen) atoms. The Morgan fingerprint density at radius 3 is 2.12 bits per heavy atom. The minimum Gasteiger partial charge on any atom is -0.345 e. The molecule has 0 atom stereocenters. The van der Waals surface area contributed by atoms with Gasteiger partial charge in [-0.25, -0.2) is 0 Å². The van der Waals surface area contributed by atoms with Gasteiger partial charge in [-0.05, 0) is 13.0 Å². The number of ketones is 1. The van der Waals surface area contributed by atoms with Crippen molar-refractivity contribution in [3.05, 3.63) is 47.5 Å². The highest BCUT2D eigenvalue weighted by atomic mass is 16.2. The van der Waals surface area contributed by atoms with E-state index in [1.165, 1.54) is 17.1 Å². The summed E-state index contributed by atoms with van der Waals surface area (Å²) in [5, 5.41) is 0. The smallest absolute Gasteiger partial charge is 0.246 e. The SMILES string of the molecule is Cc1ccc(C(=O)/C=C/C(=O)N(C)C)cc1. The van der Waals surface area contributed by atoms with Crippen LogP contribution in [0.15, 0.2) is 36.4 Å². The van der Waals surface area contributed by atoms with Crippen molar-refractivity contribution >= 4 is 11.7 Å². The van der Waals surface area contributed by atoms with Crippen LogP contribution in [-0.4, -0.2) is 30.7 Å². The molecule has 0 aliphatic heterocycles. The van der Waals surface area contributed by atoms with Crippen molar-refractivity contribution in [3.63, 3.8) is 0 Å². The third-order valence-electron chi connectivity index (χ3n) is 2.15. The molecular weight excluding hydrogens is 202 g/mol. The van der Waals surface area contributed by atoms with Crippen LogP contribution >= 0.6 is 0 Å². The van der Waals surface area contributed by atoms with Gasteiger partial charge in [0, 0.05) is 25.7 Å². The maximum Gasteiger partial charge on any atom is 0.246 e. The molecule has 0 heterocycles. The molecule has 0 aliphatic rings. The van der Waals surface area contributed by atoms with E-state index < -0.39 is 0 Å². The Balaban J connectivity index is 2.73. The quantitative estimate of drug-likeness (QED) is 0.572. The van der Waals surface area contributed by atoms with E-state index in [1.54, 1.807) is 26.2 Å². The first kappa shape index (κ1) is 12.2. The van der Waals surface area contributed by atoms with Crippen LogP contribution in [0, 0.1) is 6.92 Å². The van der Waals surface area contributed by atoms with Gasteiger partial charge in [0.15, 0.2) is 5.78 Å². The summed E-state index contributed by atoms with van der Waals surface area (Å²) >= 11 is 0. The number of likely N-dealkylation sites (N-methyl/N-ethyl adjacent to an activating group) is 1. The van der Waals surface area contributed by atoms with Crippen LogP contribution in [0.3, 0.4) is 0 Å². The molecule has 0 aliphatic carbocycles. The average molecular weight is 217 g/mol. The van der Waals surface area contributed by atoms with Gasteiger partial charge in [0.25, 0.3) is 0 Å². The number of nitrogens with zero attached hydrogens (tertiary/aromatic N) is 1. The van der Waals surface area contributed by atoms with Crippen LogP contribution in [0.25, 0.3) is 0 Å². The van der Waals surface area contributed by atoms with Gasteiger partial charge in [-0.15, -0.1) is 0 Å². The van der Waals surface area contributed by atoms with E-state index >= 15 is 0 Å². The van der Waals surface area contributed by atoms with Crippen LogP contribution < -0.4 is 0 Å². The molecule has 0 spiro atoms. The van der Waals surface area contributed by atoms with Gasteiger partial charge in [0.05, 0.1) is 0 Å². The highest BCUT2D eigenvalue weighted by Crippen LogP contribution is 2.04. The lowest BCUT2D eigenvalue weighted by Gasteiger charge is -2.04. The molecule has 0 saturated heterocycles. The highest BCUT2D eigenvalue weighted by molar-refractivity contribution is 6.07. The normalized spacial score (nSPS) is 10.4. The van der Waals surface area contributed by atoms with Crippen molar-refractivity contribution in [2.75, 3.05) is 14.1 Å². The summed E-state index contributed by atoms with van der Waals surface area (Å²) in [6.07, 6.45) is 2.58. The van der Waals surface area contributed by atoms with Crippen LogP contribution in [0.5, 0.6) is 0 Å². The molecule has 1 aromatic rings. The lowest BCUT2D eigenvalue weighted by Crippen LogP contribution is -2.19. The van der Waals surface area contributed by atoms with Crippen LogP contribution in [0.2, 0.25) is 0 Å². The lowest BCUT2D eigenvalue weighted by atomic mass is 10.1. The Kier molecular flexibility index (Phi) is 4.00. The maximum absolute atomic E-state index is 11.6. The number of hydrogen-bond donors (Lipinski definition) is 0. The second-order valence-electron chi connectivity index (χ2n) is 3.80. The fourth-order valence-electron chi connectivity index (χ4n) is 1.11. The predicted molar refractivity (Wildman–Crippen MR) is 63.3 cm³/mol. The number of benzene rings is 1. The van der Waals surface area contributed by atoms with Crippen LogP contribution in [0.1, 0.15) is 15.9 Å². The van der Waals surface area contributed by atoms with Crippen molar-refractivity contribution in [3.8, 4) is 0 Å². The fourth-order valence-corrected chi connectivity index (χ4v) is 1.11. The second kappa shape index (κ2) is 5.26. The number of rotatable bonds is 3. The molecule has 0 fully saturated rings. The molecule has 0 bridgehead atoms. The van der Waals surface area contributed by atoms with Crippen molar-refractivity contribution in [1.29, 1.82) is 0 Å². The summed E-state index contributed by atoms with van der Waals surface area (Å²) in [4.78, 5) is 24.3. The van der Waals surface area contributed by atoms with E-state index in [1.807, 2.05) is 19.1 Å². The topological polar surface area (TPSA) is 37.4 Å². The van der Waals surface area contributed by atoms with Gasteiger partial charge in [-0.3, -0.25) is 9.59 Å². The number of hydrogen-bond acceptors (Lipinski definition) is 2. The summed E-state index contributed by atoms with van der Waals surface area (Å²) in [7, 11) is 3.28. The van der Waals surface area contributed by atoms with Gasteiger partial charge in [0.2, 0.25) is 5.91 Å². The van der Waals surface area contributed by atoms with E-state index in [-0.39, 0.29) is 11.7 Å². The minimum atomic E-state index is -0.194. The number of aryl methyl sites for hydroxylation is 1. The Morgan fingerprint density at radius 1 is 1.06 bits per heavy atom. The Labute approximate surface area is 95.4 Å². The Hall–Kier alpha value is -1.90. The molecule has 1 aromatic carbocycles. The van der Waals surface area contributed by atoms with Crippen LogP contribution in [-0.2, 0) is 4.79 Å². The molecule has 3 heteroatoms. The molecular formula is C13H15NO2. The third-order valence-corrected chi connectivity index (χ3v) is 2.15. The minimum absolute atomic E-state index is 0.157. The van der Waals surface area contributed by atoms with Crippen molar-refractivity contribution in [2.45, 2.75) is 6.92 Å². The van der Waals surface area contributed by atoms with Gasteiger partial charge < -0.3 is 4.90 Å². The summed E-state index contributed by atoms with van der Waals surface area (Å²) < 4.78 is 0. The van der Waals surface area contributed by atoms with Crippen molar-refractivity contribution < 1.29 is 9.59 Å². The van der Waals surface area contributed by atoms with Gasteiger partial charge in [0.1, 0.15) is 0 Å². The first-order valence-electron chi connectivity index (χ1n) is 5.01. The monoisotopic (exact) mass is 217 g/mol. The second-order valence-corrected chi connectivity index (χ2v) is 3.80. The van der Waals surface area contributed by atoms with Gasteiger partial charge in [-0.1, -0.05) is 29.8 Å². The van der Waals surface area contributed by atoms with Gasteiger partial charge >= 0.3 is 0 Å². The molecule has 1 amide bonds. The molecule has 1 rings (SSSR count). The fraction of sp³-hybridized carbons (Fsp3) is 0.231. The molecule has 3 nitrogen and oxygen atoms in total. The zero-order valence-electron chi connectivity index (χ0n) is 9.73. The summed E-state index contributed by atoms with van der Waals surface area (Å²) in [5.74, 6) is -0.351. The maximum atomic E-state index is 11.6. The predicted octanol–water partition coefficient (Wildman–Crippen LogP) is 1.82. The first-order valence-corrected chi connectivity index (χ1v) is 5.01. The first-order chi connectivity index (χ1) is 7.50. The number of carbonyl (C=O) groups excluding carboxylic acids is 2. The average Bonchev–Trinajstić information content (AvgIpc) is 2.26. The number of carbonyl (C=O) groups is 2. The van der Waals surface area contributed by atoms with Crippen LogP contribution in [0.4, 0.5) is 0 Å². The zero-order valence-corrected chi connectivity index (χ0v) is 9.73. The Bertz CT molecular complexity index is 416. The lowest BCUT2D eigenvalue weighted by molar-refractivity contribution is -0.123. The van der Waals surface area contributed by atoms with Gasteiger partial charge in [-0.2, -0.15) is 0 Å². The number of allylic oxidation sites excluding steroid dienone is 1. The van der Waals surface area contributed by atoms with Crippen molar-refractivity contribution in [2.24, 2.45) is 0 Å². The van der Waals surface area contributed by atoms with E-state index in [0.29, 0.717) is 5.56 Å². The number of amides is 1. The Morgan fingerprint density at radius 2 is 1.62 bits per heavy atom. The van der Waals surface area contributed by atoms with E-state index in [9.17, 15) is 9.59 Å². The van der Waals surface area contributed by atoms with E-state index in [0.717, 1.165) is 5.56 Å². The van der Waals surface area contributed by atoms with E-state index in [4.69, 9.17) is 0 Å². The molecule has 0 aromatic heterocycles. The third kappa shape index (κ3) is 3.35. The zero-order chi connectivity index (χ0) is 12.1. The molecule has 0 saturated carbocycles. The summed E-state index contributed by atoms with van der Waals surface area (Å²) in [5.41, 5.74) is 1.69. The molecule has 0 N–H and O–H groups in total. The summed E-state index contributed by atoms with van der Waals surface area (Å²) in [6, 6.07) is 7.24. The highest BCUT2D eigenvalue weighted by Gasteiger charge is 2.03. The van der Waals surface area contributed by atoms with Crippen molar-refractivity contribution in [1.82, 2.24) is 4.90 Å². The molecule has 0 unspecified atom stereocenters. The summed E-state index contributed by atoms with van der Waals surface area (Å²) in [6.45, 7) is 1.96. The molecule has 84 valence electrons. The largest absolute Gasteiger partial charge is 0.345 e. The van der Waals surface area contributed by atoms with E-state index in [2.05, 4.69) is 0 Å².